The Labute approximate surface area is 165 Å². The number of aromatic nitrogens is 1. The average Bonchev–Trinajstić information content (AvgIpc) is 2.67. The van der Waals surface area contributed by atoms with Crippen molar-refractivity contribution in [3.05, 3.63) is 77.5 Å². The summed E-state index contributed by atoms with van der Waals surface area (Å²) < 4.78 is 43.1. The molecule has 0 aliphatic carbocycles. The van der Waals surface area contributed by atoms with Gasteiger partial charge in [0.15, 0.2) is 6.20 Å². The van der Waals surface area contributed by atoms with E-state index in [2.05, 4.69) is 0 Å². The minimum absolute atomic E-state index is 0.277. The molecule has 2 aromatic carbocycles. The molecule has 0 saturated heterocycles. The minimum Gasteiger partial charge on any atom is -0.201 e. The normalized spacial score (nSPS) is 15.5. The Bertz CT molecular complexity index is 1090. The summed E-state index contributed by atoms with van der Waals surface area (Å²) in [5.74, 6) is 0. The van der Waals surface area contributed by atoms with E-state index in [-0.39, 0.29) is 5.56 Å². The molecule has 3 rings (SSSR count). The Morgan fingerprint density at radius 1 is 0.962 bits per heavy atom. The maximum Gasteiger partial charge on any atom is 0.213 e. The third-order valence-electron chi connectivity index (χ3n) is 4.41. The van der Waals surface area contributed by atoms with Gasteiger partial charge in [0.1, 0.15) is 7.05 Å². The van der Waals surface area contributed by atoms with Crippen molar-refractivity contribution in [2.24, 2.45) is 12.5 Å². The van der Waals surface area contributed by atoms with Crippen LogP contribution in [0.15, 0.2) is 60.8 Å². The van der Waals surface area contributed by atoms with Crippen LogP contribution in [0.4, 0.5) is 0 Å². The average molecular weight is 350 g/mol. The summed E-state index contributed by atoms with van der Waals surface area (Å²) in [6.07, 6.45) is 0.181. The summed E-state index contributed by atoms with van der Waals surface area (Å²) in [4.78, 5) is 0. The first-order valence-electron chi connectivity index (χ1n) is 11.4. The Balaban J connectivity index is 2.20. The van der Waals surface area contributed by atoms with E-state index < -0.39 is 18.6 Å². The zero-order chi connectivity index (χ0) is 23.2. The smallest absolute Gasteiger partial charge is 0.201 e. The van der Waals surface area contributed by atoms with Gasteiger partial charge in [-0.05, 0) is 53.9 Å². The zero-order valence-electron chi connectivity index (χ0n) is 21.2. The van der Waals surface area contributed by atoms with Crippen LogP contribution >= 0.6 is 0 Å². The highest BCUT2D eigenvalue weighted by Gasteiger charge is 2.17. The molecule has 0 amide bonds. The van der Waals surface area contributed by atoms with Crippen LogP contribution in [0.5, 0.6) is 0 Å². The molecule has 1 aromatic heterocycles. The van der Waals surface area contributed by atoms with Crippen LogP contribution in [0.25, 0.3) is 22.4 Å². The lowest BCUT2D eigenvalue weighted by atomic mass is 9.87. The summed E-state index contributed by atoms with van der Waals surface area (Å²) in [6.45, 7) is 5.39. The number of benzene rings is 2. The Morgan fingerprint density at radius 3 is 2.27 bits per heavy atom. The summed E-state index contributed by atoms with van der Waals surface area (Å²) in [7, 11) is 1.86. The van der Waals surface area contributed by atoms with E-state index in [1.54, 1.807) is 18.3 Å². The highest BCUT2D eigenvalue weighted by molar-refractivity contribution is 5.72. The van der Waals surface area contributed by atoms with E-state index in [4.69, 9.17) is 6.85 Å². The number of hydrogen-bond donors (Lipinski definition) is 0. The summed E-state index contributed by atoms with van der Waals surface area (Å²) in [5, 5.41) is 0. The molecule has 0 fully saturated rings. The molecular formula is C25H30N+. The van der Waals surface area contributed by atoms with Gasteiger partial charge in [-0.25, -0.2) is 4.57 Å². The molecule has 0 unspecified atom stereocenters. The molecule has 0 atom stereocenters. The fraction of sp³-hybridized carbons (Fsp3) is 0.320. The van der Waals surface area contributed by atoms with Crippen LogP contribution in [0.3, 0.4) is 0 Å². The summed E-state index contributed by atoms with van der Waals surface area (Å²) in [5.41, 5.74) is 4.78. The van der Waals surface area contributed by atoms with Crippen LogP contribution in [-0.2, 0) is 13.4 Å². The van der Waals surface area contributed by atoms with Gasteiger partial charge in [-0.3, -0.25) is 0 Å². The highest BCUT2D eigenvalue weighted by Crippen LogP contribution is 2.29. The molecule has 0 N–H and O–H groups in total. The molecule has 0 spiro atoms. The predicted octanol–water partition coefficient (Wildman–Crippen LogP) is 6.05. The lowest BCUT2D eigenvalue weighted by Crippen LogP contribution is -2.31. The molecule has 3 aromatic rings. The molecule has 0 aliphatic heterocycles. The van der Waals surface area contributed by atoms with Gasteiger partial charge in [0.05, 0.1) is 0 Å². The van der Waals surface area contributed by atoms with E-state index in [0.717, 1.165) is 22.4 Å². The Kier molecular flexibility index (Phi) is 3.50. The van der Waals surface area contributed by atoms with Gasteiger partial charge >= 0.3 is 0 Å². The van der Waals surface area contributed by atoms with E-state index in [1.165, 1.54) is 0 Å². The second-order valence-electron chi connectivity index (χ2n) is 7.86. The SMILES string of the molecule is [2H]C([2H])([2H])c1c[n+](C)c(-c2ccccc2C)cc1-c1ccc(C([2H])([2H])C(C)(C)C)cc1. The van der Waals surface area contributed by atoms with Crippen molar-refractivity contribution in [3.63, 3.8) is 0 Å². The van der Waals surface area contributed by atoms with Crippen molar-refractivity contribution in [2.45, 2.75) is 40.9 Å². The molecule has 134 valence electrons. The van der Waals surface area contributed by atoms with E-state index >= 15 is 0 Å². The molecular weight excluding hydrogens is 314 g/mol. The number of hydrogen-bond acceptors (Lipinski definition) is 0. The fourth-order valence-electron chi connectivity index (χ4n) is 3.18. The summed E-state index contributed by atoms with van der Waals surface area (Å²) in [6, 6.07) is 17.1. The number of aryl methyl sites for hydroxylation is 3. The molecule has 0 aliphatic rings. The van der Waals surface area contributed by atoms with Crippen molar-refractivity contribution in [1.82, 2.24) is 0 Å². The minimum atomic E-state index is -2.27. The zero-order valence-corrected chi connectivity index (χ0v) is 16.2. The van der Waals surface area contributed by atoms with Gasteiger partial charge in [0.2, 0.25) is 5.69 Å². The maximum absolute atomic E-state index is 8.51. The maximum atomic E-state index is 8.51. The number of pyridine rings is 1. The van der Waals surface area contributed by atoms with Crippen molar-refractivity contribution in [2.75, 3.05) is 0 Å². The van der Waals surface area contributed by atoms with Crippen LogP contribution in [-0.4, -0.2) is 0 Å². The van der Waals surface area contributed by atoms with Crippen LogP contribution < -0.4 is 4.57 Å². The van der Waals surface area contributed by atoms with E-state index in [0.29, 0.717) is 11.1 Å². The van der Waals surface area contributed by atoms with Gasteiger partial charge in [-0.15, -0.1) is 0 Å². The van der Waals surface area contributed by atoms with Gasteiger partial charge in [-0.2, -0.15) is 0 Å². The molecule has 1 heterocycles. The van der Waals surface area contributed by atoms with Gasteiger partial charge in [0, 0.05) is 24.0 Å². The van der Waals surface area contributed by atoms with Crippen LogP contribution in [0.2, 0.25) is 0 Å². The van der Waals surface area contributed by atoms with Gasteiger partial charge < -0.3 is 0 Å². The molecule has 0 bridgehead atoms. The first-order chi connectivity index (χ1) is 14.2. The second-order valence-corrected chi connectivity index (χ2v) is 7.86. The molecule has 0 saturated carbocycles. The van der Waals surface area contributed by atoms with Crippen molar-refractivity contribution in [3.8, 4) is 22.4 Å². The van der Waals surface area contributed by atoms with Crippen LogP contribution in [0, 0.1) is 19.2 Å². The quantitative estimate of drug-likeness (QED) is 0.507. The lowest BCUT2D eigenvalue weighted by molar-refractivity contribution is -0.660. The van der Waals surface area contributed by atoms with E-state index in [9.17, 15) is 0 Å². The topological polar surface area (TPSA) is 3.88 Å². The van der Waals surface area contributed by atoms with Gasteiger partial charge in [-0.1, -0.05) is 63.2 Å². The third kappa shape index (κ3) is 4.04. The molecule has 0 radical (unpaired) electrons. The monoisotopic (exact) mass is 349 g/mol. The highest BCUT2D eigenvalue weighted by atomic mass is 14.9. The van der Waals surface area contributed by atoms with Gasteiger partial charge in [0.25, 0.3) is 0 Å². The van der Waals surface area contributed by atoms with Crippen molar-refractivity contribution in [1.29, 1.82) is 0 Å². The van der Waals surface area contributed by atoms with E-state index in [1.807, 2.05) is 81.8 Å². The van der Waals surface area contributed by atoms with Crippen molar-refractivity contribution >= 4 is 0 Å². The first kappa shape index (κ1) is 12.9. The Morgan fingerprint density at radius 2 is 1.65 bits per heavy atom. The largest absolute Gasteiger partial charge is 0.213 e. The van der Waals surface area contributed by atoms with Crippen molar-refractivity contribution < 1.29 is 11.4 Å². The molecule has 1 nitrogen and oxygen atoms in total. The predicted molar refractivity (Wildman–Crippen MR) is 111 cm³/mol. The fourth-order valence-corrected chi connectivity index (χ4v) is 3.18. The molecule has 1 heteroatoms. The summed E-state index contributed by atoms with van der Waals surface area (Å²) >= 11 is 0. The first-order valence-corrected chi connectivity index (χ1v) is 8.94. The third-order valence-corrected chi connectivity index (χ3v) is 4.41. The standard InChI is InChI=1S/C25H30N/c1-18-9-7-8-10-22(18)24-15-23(19(2)17-26(24)6)21-13-11-20(12-14-21)16-25(3,4)5/h7-15,17H,16H2,1-6H3/q+1/i2D3,16D2. The molecule has 26 heavy (non-hydrogen) atoms. The Hall–Kier alpha value is -2.41. The number of nitrogens with zero attached hydrogens (tertiary/aromatic N) is 1. The number of rotatable bonds is 3. The van der Waals surface area contributed by atoms with Crippen LogP contribution in [0.1, 0.15) is 44.3 Å². The lowest BCUT2D eigenvalue weighted by Gasteiger charge is -2.18. The second kappa shape index (κ2) is 7.07.